The molecule has 3 aromatic rings. The Balaban J connectivity index is 1.22. The minimum absolute atomic E-state index is 0.0303. The molecule has 29 heavy (non-hydrogen) atoms. The van der Waals surface area contributed by atoms with Crippen LogP contribution >= 0.6 is 11.5 Å². The molecular formula is C22H21N3O3S. The molecule has 3 heterocycles. The third kappa shape index (κ3) is 3.65. The Morgan fingerprint density at radius 3 is 2.66 bits per heavy atom. The second-order valence-electron chi connectivity index (χ2n) is 7.05. The summed E-state index contributed by atoms with van der Waals surface area (Å²) in [7, 11) is 0. The third-order valence-corrected chi connectivity index (χ3v) is 6.05. The van der Waals surface area contributed by atoms with E-state index in [0.29, 0.717) is 26.3 Å². The summed E-state index contributed by atoms with van der Waals surface area (Å²) in [6, 6.07) is 14.0. The first kappa shape index (κ1) is 18.0. The van der Waals surface area contributed by atoms with Gasteiger partial charge in [0.2, 0.25) is 5.91 Å². The van der Waals surface area contributed by atoms with Gasteiger partial charge in [-0.2, -0.15) is 4.37 Å². The lowest BCUT2D eigenvalue weighted by atomic mass is 10.1. The van der Waals surface area contributed by atoms with Gasteiger partial charge in [-0.3, -0.25) is 4.79 Å². The number of nitrogens with zero attached hydrogens (tertiary/aromatic N) is 3. The summed E-state index contributed by atoms with van der Waals surface area (Å²) in [6.07, 6.45) is 3.47. The molecule has 2 aliphatic heterocycles. The second kappa shape index (κ2) is 7.75. The predicted octanol–water partition coefficient (Wildman–Crippen LogP) is 3.43. The van der Waals surface area contributed by atoms with Crippen molar-refractivity contribution in [2.45, 2.75) is 0 Å². The van der Waals surface area contributed by atoms with Crippen LogP contribution in [0.5, 0.6) is 11.5 Å². The maximum atomic E-state index is 12.6. The highest BCUT2D eigenvalue weighted by Gasteiger charge is 2.22. The number of carbonyl (C=O) groups is 1. The lowest BCUT2D eigenvalue weighted by Crippen LogP contribution is -2.48. The smallest absolute Gasteiger partial charge is 0.246 e. The molecule has 1 amide bonds. The molecule has 0 aliphatic carbocycles. The van der Waals surface area contributed by atoms with E-state index in [2.05, 4.69) is 21.4 Å². The molecule has 148 valence electrons. The van der Waals surface area contributed by atoms with Crippen molar-refractivity contribution in [1.29, 1.82) is 0 Å². The van der Waals surface area contributed by atoms with Gasteiger partial charge < -0.3 is 19.3 Å². The van der Waals surface area contributed by atoms with Crippen LogP contribution in [0.15, 0.2) is 48.5 Å². The molecule has 7 heteroatoms. The van der Waals surface area contributed by atoms with Gasteiger partial charge in [0.1, 0.15) is 19.0 Å². The van der Waals surface area contributed by atoms with E-state index < -0.39 is 0 Å². The van der Waals surface area contributed by atoms with E-state index in [-0.39, 0.29) is 5.91 Å². The monoisotopic (exact) mass is 407 g/mol. The molecule has 0 unspecified atom stereocenters. The van der Waals surface area contributed by atoms with Crippen molar-refractivity contribution < 1.29 is 14.3 Å². The number of fused-ring (bicyclic) bond motifs is 2. The molecule has 0 saturated carbocycles. The fraction of sp³-hybridized carbons (Fsp3) is 0.273. The summed E-state index contributed by atoms with van der Waals surface area (Å²) in [4.78, 5) is 16.8. The van der Waals surface area contributed by atoms with Gasteiger partial charge in [-0.25, -0.2) is 0 Å². The van der Waals surface area contributed by atoms with Crippen molar-refractivity contribution in [3.8, 4) is 11.5 Å². The van der Waals surface area contributed by atoms with Gasteiger partial charge in [0.25, 0.3) is 0 Å². The number of benzene rings is 2. The van der Waals surface area contributed by atoms with Crippen molar-refractivity contribution >= 4 is 39.4 Å². The zero-order valence-corrected chi connectivity index (χ0v) is 16.7. The number of hydrogen-bond acceptors (Lipinski definition) is 6. The van der Waals surface area contributed by atoms with Gasteiger partial charge in [-0.1, -0.05) is 18.2 Å². The largest absolute Gasteiger partial charge is 0.486 e. The molecule has 6 nitrogen and oxygen atoms in total. The highest BCUT2D eigenvalue weighted by molar-refractivity contribution is 7.13. The van der Waals surface area contributed by atoms with E-state index in [9.17, 15) is 4.79 Å². The lowest BCUT2D eigenvalue weighted by molar-refractivity contribution is -0.126. The molecule has 1 fully saturated rings. The van der Waals surface area contributed by atoms with Crippen LogP contribution in [0.25, 0.3) is 16.2 Å². The Hall–Kier alpha value is -3.06. The molecular weight excluding hydrogens is 386 g/mol. The van der Waals surface area contributed by atoms with Crippen molar-refractivity contribution in [2.24, 2.45) is 0 Å². The number of ether oxygens (including phenoxy) is 2. The summed E-state index contributed by atoms with van der Waals surface area (Å²) >= 11 is 1.53. The minimum Gasteiger partial charge on any atom is -0.486 e. The van der Waals surface area contributed by atoms with Crippen molar-refractivity contribution in [3.63, 3.8) is 0 Å². The van der Waals surface area contributed by atoms with Crippen molar-refractivity contribution in [2.75, 3.05) is 44.3 Å². The van der Waals surface area contributed by atoms with E-state index in [1.54, 1.807) is 6.08 Å². The number of hydrogen-bond donors (Lipinski definition) is 0. The van der Waals surface area contributed by atoms with Crippen molar-refractivity contribution in [3.05, 3.63) is 54.1 Å². The fourth-order valence-corrected chi connectivity index (χ4v) is 4.47. The highest BCUT2D eigenvalue weighted by Crippen LogP contribution is 2.31. The predicted molar refractivity (Wildman–Crippen MR) is 115 cm³/mol. The maximum absolute atomic E-state index is 12.6. The summed E-state index contributed by atoms with van der Waals surface area (Å²) < 4.78 is 17.0. The number of amides is 1. The highest BCUT2D eigenvalue weighted by atomic mass is 32.1. The number of piperazine rings is 1. The standard InChI is InChI=1S/C22H21N3O3S/c26-21(8-6-16-5-7-18-19(15-16)28-14-13-27-18)24-9-11-25(12-10-24)22-17-3-1-2-4-20(17)29-23-22/h1-8,15H,9-14H2. The average molecular weight is 407 g/mol. The Bertz CT molecular complexity index is 1070. The fourth-order valence-electron chi connectivity index (χ4n) is 3.68. The van der Waals surface area contributed by atoms with Gasteiger partial charge >= 0.3 is 0 Å². The molecule has 5 rings (SSSR count). The van der Waals surface area contributed by atoms with Gasteiger partial charge in [-0.15, -0.1) is 0 Å². The van der Waals surface area contributed by atoms with Crippen LogP contribution in [-0.4, -0.2) is 54.6 Å². The molecule has 0 atom stereocenters. The first-order valence-corrected chi connectivity index (χ1v) is 10.5. The van der Waals surface area contributed by atoms with E-state index in [4.69, 9.17) is 9.47 Å². The molecule has 2 aliphatic rings. The van der Waals surface area contributed by atoms with Crippen LogP contribution in [-0.2, 0) is 4.79 Å². The Kier molecular flexibility index (Phi) is 4.81. The van der Waals surface area contributed by atoms with Crippen LogP contribution in [0.3, 0.4) is 0 Å². The van der Waals surface area contributed by atoms with Crippen molar-refractivity contribution in [1.82, 2.24) is 9.27 Å². The van der Waals surface area contributed by atoms with Crippen LogP contribution in [0.2, 0.25) is 0 Å². The number of carbonyl (C=O) groups excluding carboxylic acids is 1. The first-order chi connectivity index (χ1) is 14.3. The second-order valence-corrected chi connectivity index (χ2v) is 7.86. The SMILES string of the molecule is O=C(C=Cc1ccc2c(c1)OCCO2)N1CCN(c2nsc3ccccc23)CC1. The van der Waals surface area contributed by atoms with E-state index >= 15 is 0 Å². The first-order valence-electron chi connectivity index (χ1n) is 9.74. The summed E-state index contributed by atoms with van der Waals surface area (Å²) in [5, 5.41) is 1.19. The summed E-state index contributed by atoms with van der Waals surface area (Å²) in [6.45, 7) is 4.09. The molecule has 2 aromatic carbocycles. The minimum atomic E-state index is 0.0303. The summed E-state index contributed by atoms with van der Waals surface area (Å²) in [5.41, 5.74) is 0.926. The molecule has 1 aromatic heterocycles. The van der Waals surface area contributed by atoms with Gasteiger partial charge in [0.05, 0.1) is 4.70 Å². The lowest BCUT2D eigenvalue weighted by Gasteiger charge is -2.34. The number of anilines is 1. The van der Waals surface area contributed by atoms with E-state index in [0.717, 1.165) is 36.0 Å². The zero-order chi connectivity index (χ0) is 19.6. The van der Waals surface area contributed by atoms with Crippen LogP contribution in [0, 0.1) is 0 Å². The average Bonchev–Trinajstić information content (AvgIpc) is 3.21. The van der Waals surface area contributed by atoms with Gasteiger partial charge in [0, 0.05) is 37.6 Å². The summed E-state index contributed by atoms with van der Waals surface area (Å²) in [5.74, 6) is 2.55. The van der Waals surface area contributed by atoms with E-state index in [1.807, 2.05) is 41.3 Å². The maximum Gasteiger partial charge on any atom is 0.246 e. The number of aromatic nitrogens is 1. The van der Waals surface area contributed by atoms with Crippen LogP contribution < -0.4 is 14.4 Å². The zero-order valence-electron chi connectivity index (χ0n) is 15.9. The number of rotatable bonds is 3. The van der Waals surface area contributed by atoms with Crippen LogP contribution in [0.1, 0.15) is 5.56 Å². The molecule has 0 spiro atoms. The Morgan fingerprint density at radius 1 is 1.00 bits per heavy atom. The Morgan fingerprint density at radius 2 is 1.79 bits per heavy atom. The topological polar surface area (TPSA) is 54.9 Å². The van der Waals surface area contributed by atoms with Crippen LogP contribution in [0.4, 0.5) is 5.82 Å². The quantitative estimate of drug-likeness (QED) is 0.623. The molecule has 0 N–H and O–H groups in total. The normalized spacial score (nSPS) is 16.6. The van der Waals surface area contributed by atoms with Gasteiger partial charge in [-0.05, 0) is 47.4 Å². The third-order valence-electron chi connectivity index (χ3n) is 5.23. The molecule has 1 saturated heterocycles. The molecule has 0 radical (unpaired) electrons. The Labute approximate surface area is 173 Å². The van der Waals surface area contributed by atoms with Gasteiger partial charge in [0.15, 0.2) is 11.5 Å². The van der Waals surface area contributed by atoms with E-state index in [1.165, 1.54) is 21.6 Å². The molecule has 0 bridgehead atoms.